The number of rotatable bonds is 6. The number of anilines is 3. The van der Waals surface area contributed by atoms with E-state index in [2.05, 4.69) is 25.5 Å². The van der Waals surface area contributed by atoms with Crippen molar-refractivity contribution in [2.45, 2.75) is 19.2 Å². The van der Waals surface area contributed by atoms with Gasteiger partial charge < -0.3 is 26.4 Å². The highest BCUT2D eigenvalue weighted by atomic mass is 16.3. The zero-order chi connectivity index (χ0) is 16.2. The number of nitrogen functional groups attached to an aromatic ring is 1. The zero-order valence-electron chi connectivity index (χ0n) is 13.2. The molecule has 0 aliphatic carbocycles. The van der Waals surface area contributed by atoms with E-state index in [-0.39, 0.29) is 6.61 Å². The Bertz CT molecular complexity index is 654. The van der Waals surface area contributed by atoms with Crippen molar-refractivity contribution in [2.75, 3.05) is 36.1 Å². The summed E-state index contributed by atoms with van der Waals surface area (Å²) in [5.41, 5.74) is 8.55. The number of hydrogen-bond donors (Lipinski definition) is 4. The Hall–Kier alpha value is -2.38. The van der Waals surface area contributed by atoms with Gasteiger partial charge in [-0.1, -0.05) is 12.1 Å². The Morgan fingerprint density at radius 3 is 2.65 bits per heavy atom. The Balaban J connectivity index is 1.64. The number of aromatic nitrogens is 2. The first-order valence-electron chi connectivity index (χ1n) is 7.67. The lowest BCUT2D eigenvalue weighted by Crippen LogP contribution is -2.57. The molecule has 0 atom stereocenters. The average molecular weight is 314 g/mol. The predicted octanol–water partition coefficient (Wildman–Crippen LogP) is 0.571. The molecular weight excluding hydrogens is 292 g/mol. The van der Waals surface area contributed by atoms with Crippen LogP contribution in [0.4, 0.5) is 17.5 Å². The van der Waals surface area contributed by atoms with Gasteiger partial charge in [-0.2, -0.15) is 4.98 Å². The van der Waals surface area contributed by atoms with Gasteiger partial charge >= 0.3 is 0 Å². The fraction of sp³-hybridized carbons (Fsp3) is 0.375. The molecule has 1 aromatic carbocycles. The molecule has 7 heteroatoms. The normalized spacial score (nSPS) is 14.6. The molecule has 1 aliphatic rings. The van der Waals surface area contributed by atoms with Crippen molar-refractivity contribution in [3.63, 3.8) is 0 Å². The number of nitrogens with one attached hydrogen (secondary N) is 2. The van der Waals surface area contributed by atoms with Crippen LogP contribution in [0.15, 0.2) is 30.3 Å². The predicted molar refractivity (Wildman–Crippen MR) is 91.2 cm³/mol. The summed E-state index contributed by atoms with van der Waals surface area (Å²) in [5.74, 6) is 1.17. The van der Waals surface area contributed by atoms with E-state index in [1.165, 1.54) is 0 Å². The van der Waals surface area contributed by atoms with Crippen molar-refractivity contribution in [1.82, 2.24) is 15.3 Å². The summed E-state index contributed by atoms with van der Waals surface area (Å²) in [6.07, 6.45) is 0. The summed E-state index contributed by atoms with van der Waals surface area (Å²) < 4.78 is 0. The largest absolute Gasteiger partial charge is 0.392 e. The molecule has 23 heavy (non-hydrogen) atoms. The third-order valence-corrected chi connectivity index (χ3v) is 4.01. The van der Waals surface area contributed by atoms with Crippen LogP contribution in [0.25, 0.3) is 0 Å². The van der Waals surface area contributed by atoms with Gasteiger partial charge in [-0.25, -0.2) is 4.98 Å². The van der Waals surface area contributed by atoms with Gasteiger partial charge in [0.25, 0.3) is 0 Å². The monoisotopic (exact) mass is 314 g/mol. The van der Waals surface area contributed by atoms with E-state index in [1.54, 1.807) is 0 Å². The van der Waals surface area contributed by atoms with Crippen LogP contribution in [0, 0.1) is 0 Å². The topological polar surface area (TPSA) is 99.3 Å². The highest BCUT2D eigenvalue weighted by molar-refractivity contribution is 5.49. The molecule has 1 saturated heterocycles. The molecule has 0 radical (unpaired) electrons. The maximum absolute atomic E-state index is 9.05. The average Bonchev–Trinajstić information content (AvgIpc) is 2.52. The minimum atomic E-state index is 0.0511. The standard InChI is InChI=1S/C16H22N6O/c1-18-14-8-22(9-14)15-6-13(20-16(17)21-15)7-19-12-4-2-11(10-23)3-5-12/h2-6,14,18-19,23H,7-10H2,1H3,(H2,17,20,21). The number of aliphatic hydroxyl groups excluding tert-OH is 1. The van der Waals surface area contributed by atoms with Crippen LogP contribution in [-0.2, 0) is 13.2 Å². The molecule has 122 valence electrons. The first-order chi connectivity index (χ1) is 11.2. The van der Waals surface area contributed by atoms with Crippen LogP contribution >= 0.6 is 0 Å². The van der Waals surface area contributed by atoms with E-state index in [9.17, 15) is 0 Å². The van der Waals surface area contributed by atoms with Gasteiger partial charge in [0.15, 0.2) is 0 Å². The number of aliphatic hydroxyl groups is 1. The molecule has 2 aromatic rings. The molecule has 0 amide bonds. The molecule has 0 unspecified atom stereocenters. The Kier molecular flexibility index (Phi) is 4.59. The van der Waals surface area contributed by atoms with Gasteiger partial charge in [-0.15, -0.1) is 0 Å². The first-order valence-corrected chi connectivity index (χ1v) is 7.67. The molecule has 2 heterocycles. The van der Waals surface area contributed by atoms with Crippen molar-refractivity contribution in [3.8, 4) is 0 Å². The van der Waals surface area contributed by atoms with E-state index in [4.69, 9.17) is 10.8 Å². The number of nitrogens with zero attached hydrogens (tertiary/aromatic N) is 3. The molecule has 1 fully saturated rings. The Morgan fingerprint density at radius 2 is 2.00 bits per heavy atom. The van der Waals surface area contributed by atoms with Gasteiger partial charge in [0.05, 0.1) is 18.8 Å². The molecule has 0 spiro atoms. The maximum Gasteiger partial charge on any atom is 0.222 e. The van der Waals surface area contributed by atoms with Crippen LogP contribution < -0.4 is 21.3 Å². The van der Waals surface area contributed by atoms with Crippen molar-refractivity contribution < 1.29 is 5.11 Å². The number of nitrogens with two attached hydrogens (primary N) is 1. The SMILES string of the molecule is CNC1CN(c2cc(CNc3ccc(CO)cc3)nc(N)n2)C1. The van der Waals surface area contributed by atoms with Crippen molar-refractivity contribution >= 4 is 17.5 Å². The van der Waals surface area contributed by atoms with Crippen LogP contribution in [0.1, 0.15) is 11.3 Å². The highest BCUT2D eigenvalue weighted by Crippen LogP contribution is 2.20. The van der Waals surface area contributed by atoms with Crippen LogP contribution in [0.2, 0.25) is 0 Å². The van der Waals surface area contributed by atoms with Gasteiger partial charge in [-0.3, -0.25) is 0 Å². The Labute approximate surface area is 135 Å². The van der Waals surface area contributed by atoms with E-state index in [0.29, 0.717) is 18.5 Å². The summed E-state index contributed by atoms with van der Waals surface area (Å²) in [7, 11) is 1.97. The second-order valence-electron chi connectivity index (χ2n) is 5.67. The number of likely N-dealkylation sites (N-methyl/N-ethyl adjacent to an activating group) is 1. The molecule has 0 bridgehead atoms. The van der Waals surface area contributed by atoms with Crippen LogP contribution in [0.5, 0.6) is 0 Å². The lowest BCUT2D eigenvalue weighted by atomic mass is 10.1. The second kappa shape index (κ2) is 6.80. The van der Waals surface area contributed by atoms with Crippen molar-refractivity contribution in [1.29, 1.82) is 0 Å². The molecule has 1 aromatic heterocycles. The summed E-state index contributed by atoms with van der Waals surface area (Å²) in [6.45, 7) is 2.49. The first kappa shape index (κ1) is 15.5. The molecule has 3 rings (SSSR count). The van der Waals surface area contributed by atoms with Gasteiger partial charge in [-0.05, 0) is 24.7 Å². The summed E-state index contributed by atoms with van der Waals surface area (Å²) in [6, 6.07) is 10.1. The third-order valence-electron chi connectivity index (χ3n) is 4.01. The summed E-state index contributed by atoms with van der Waals surface area (Å²) in [4.78, 5) is 10.8. The lowest BCUT2D eigenvalue weighted by Gasteiger charge is -2.40. The van der Waals surface area contributed by atoms with E-state index >= 15 is 0 Å². The molecule has 5 N–H and O–H groups in total. The second-order valence-corrected chi connectivity index (χ2v) is 5.67. The lowest BCUT2D eigenvalue weighted by molar-refractivity contribution is 0.282. The van der Waals surface area contributed by atoms with Gasteiger partial charge in [0.2, 0.25) is 5.95 Å². The van der Waals surface area contributed by atoms with Crippen LogP contribution in [-0.4, -0.2) is 41.3 Å². The summed E-state index contributed by atoms with van der Waals surface area (Å²) >= 11 is 0. The van der Waals surface area contributed by atoms with E-state index in [1.807, 2.05) is 37.4 Å². The molecular formula is C16H22N6O. The number of hydrogen-bond acceptors (Lipinski definition) is 7. The minimum Gasteiger partial charge on any atom is -0.392 e. The zero-order valence-corrected chi connectivity index (χ0v) is 13.2. The van der Waals surface area contributed by atoms with Gasteiger partial charge in [0, 0.05) is 30.9 Å². The summed E-state index contributed by atoms with van der Waals surface area (Å²) in [5, 5.41) is 15.6. The highest BCUT2D eigenvalue weighted by Gasteiger charge is 2.26. The fourth-order valence-corrected chi connectivity index (χ4v) is 2.52. The van der Waals surface area contributed by atoms with Crippen molar-refractivity contribution in [2.24, 2.45) is 0 Å². The molecule has 1 aliphatic heterocycles. The fourth-order valence-electron chi connectivity index (χ4n) is 2.52. The third kappa shape index (κ3) is 3.69. The maximum atomic E-state index is 9.05. The minimum absolute atomic E-state index is 0.0511. The van der Waals surface area contributed by atoms with E-state index < -0.39 is 0 Å². The number of benzene rings is 1. The van der Waals surface area contributed by atoms with E-state index in [0.717, 1.165) is 35.9 Å². The molecule has 7 nitrogen and oxygen atoms in total. The quantitative estimate of drug-likeness (QED) is 0.618. The van der Waals surface area contributed by atoms with Gasteiger partial charge in [0.1, 0.15) is 5.82 Å². The Morgan fingerprint density at radius 1 is 1.26 bits per heavy atom. The molecule has 0 saturated carbocycles. The van der Waals surface area contributed by atoms with Crippen LogP contribution in [0.3, 0.4) is 0 Å². The smallest absolute Gasteiger partial charge is 0.222 e. The van der Waals surface area contributed by atoms with Crippen molar-refractivity contribution in [3.05, 3.63) is 41.6 Å².